The molecule has 2 aromatic heterocycles. The summed E-state index contributed by atoms with van der Waals surface area (Å²) in [7, 11) is 0. The van der Waals surface area contributed by atoms with E-state index in [1.165, 1.54) is 0 Å². The van der Waals surface area contributed by atoms with E-state index in [2.05, 4.69) is 33.2 Å². The molecule has 1 saturated heterocycles. The van der Waals surface area contributed by atoms with E-state index in [0.717, 1.165) is 44.8 Å². The quantitative estimate of drug-likeness (QED) is 0.576. The maximum Gasteiger partial charge on any atom is 0.162 e. The van der Waals surface area contributed by atoms with Gasteiger partial charge in [0.15, 0.2) is 12.1 Å². The number of hydrogen-bond donors (Lipinski definition) is 2. The lowest BCUT2D eigenvalue weighted by Crippen LogP contribution is -2.47. The van der Waals surface area contributed by atoms with E-state index in [9.17, 15) is 0 Å². The van der Waals surface area contributed by atoms with Crippen LogP contribution in [-0.2, 0) is 15.0 Å². The van der Waals surface area contributed by atoms with Crippen molar-refractivity contribution in [3.63, 3.8) is 0 Å². The minimum atomic E-state index is -0.681. The predicted octanol–water partition coefficient (Wildman–Crippen LogP) is 3.65. The molecule has 2 atom stereocenters. The Hall–Kier alpha value is -3.96. The highest BCUT2D eigenvalue weighted by Crippen LogP contribution is 2.50. The van der Waals surface area contributed by atoms with Gasteiger partial charge in [0.25, 0.3) is 0 Å². The van der Waals surface area contributed by atoms with Crippen molar-refractivity contribution >= 4 is 5.57 Å². The summed E-state index contributed by atoms with van der Waals surface area (Å²) in [6, 6.07) is 10.2. The second kappa shape index (κ2) is 8.12. The van der Waals surface area contributed by atoms with Gasteiger partial charge in [0, 0.05) is 40.2 Å². The van der Waals surface area contributed by atoms with Crippen LogP contribution in [0.5, 0.6) is 11.5 Å². The van der Waals surface area contributed by atoms with Crippen LogP contribution in [0, 0.1) is 11.8 Å². The highest BCUT2D eigenvalue weighted by atomic mass is 16.5. The Morgan fingerprint density at radius 3 is 2.79 bits per heavy atom. The van der Waals surface area contributed by atoms with E-state index in [0.29, 0.717) is 19.0 Å². The van der Waals surface area contributed by atoms with Gasteiger partial charge in [-0.1, -0.05) is 12.0 Å². The molecule has 34 heavy (non-hydrogen) atoms. The molecule has 3 aliphatic rings. The van der Waals surface area contributed by atoms with Crippen LogP contribution in [0.4, 0.5) is 0 Å². The molecule has 7 heteroatoms. The second-order valence-electron chi connectivity index (χ2n) is 8.29. The standard InChI is InChI=1S/C27H22N4O3/c1-2-3-17-10-20(14-29-13-17)19-4-5-24-21(11-19)27(16-33-26(28)31-27)22-12-23(30-15-25(22)34-24)18-6-8-32-9-7-18/h4-8,10-15,26,31H,9,16,28H2,1H3/t26?,27-/m0/s1. The number of hydrogen-bond acceptors (Lipinski definition) is 7. The lowest BCUT2D eigenvalue weighted by molar-refractivity contribution is 0.103. The third kappa shape index (κ3) is 3.37. The van der Waals surface area contributed by atoms with E-state index in [1.54, 1.807) is 18.7 Å². The van der Waals surface area contributed by atoms with Crippen LogP contribution >= 0.6 is 0 Å². The maximum atomic E-state index is 6.30. The number of nitrogens with two attached hydrogens (primary N) is 1. The fourth-order valence-corrected chi connectivity index (χ4v) is 4.65. The van der Waals surface area contributed by atoms with Crippen molar-refractivity contribution in [2.45, 2.75) is 18.8 Å². The summed E-state index contributed by atoms with van der Waals surface area (Å²) < 4.78 is 17.4. The van der Waals surface area contributed by atoms with Gasteiger partial charge in [0.1, 0.15) is 17.9 Å². The zero-order valence-electron chi connectivity index (χ0n) is 18.5. The Morgan fingerprint density at radius 1 is 1.09 bits per heavy atom. The van der Waals surface area contributed by atoms with Crippen molar-refractivity contribution < 1.29 is 14.2 Å². The smallest absolute Gasteiger partial charge is 0.162 e. The zero-order valence-corrected chi connectivity index (χ0v) is 18.5. The van der Waals surface area contributed by atoms with Gasteiger partial charge in [-0.05, 0) is 48.9 Å². The SMILES string of the molecule is CC#Cc1cncc(-c2ccc3c(c2)[C@@]2(COC(N)N2)c2cc(C4=CCOC=C4)ncc2O3)c1. The molecule has 0 aliphatic carbocycles. The number of aromatic nitrogens is 2. The number of pyridine rings is 2. The molecule has 7 nitrogen and oxygen atoms in total. The Labute approximate surface area is 197 Å². The Kier molecular flexibility index (Phi) is 4.93. The molecule has 168 valence electrons. The molecule has 1 aromatic carbocycles. The molecule has 1 fully saturated rings. The first-order chi connectivity index (χ1) is 16.7. The molecular formula is C27H22N4O3. The molecule has 0 saturated carbocycles. The Morgan fingerprint density at radius 2 is 2.00 bits per heavy atom. The van der Waals surface area contributed by atoms with Gasteiger partial charge in [-0.15, -0.1) is 5.92 Å². The van der Waals surface area contributed by atoms with E-state index in [-0.39, 0.29) is 0 Å². The molecule has 1 unspecified atom stereocenters. The highest BCUT2D eigenvalue weighted by molar-refractivity contribution is 5.75. The number of rotatable bonds is 2. The molecule has 0 amide bonds. The Bertz CT molecular complexity index is 1420. The van der Waals surface area contributed by atoms with Crippen molar-refractivity contribution in [1.29, 1.82) is 0 Å². The average molecular weight is 450 g/mol. The largest absolute Gasteiger partial charge is 0.497 e. The minimum absolute atomic E-state index is 0.363. The minimum Gasteiger partial charge on any atom is -0.497 e. The first-order valence-electron chi connectivity index (χ1n) is 11.0. The molecular weight excluding hydrogens is 428 g/mol. The van der Waals surface area contributed by atoms with Crippen molar-refractivity contribution in [1.82, 2.24) is 15.3 Å². The number of nitrogens with zero attached hydrogens (tertiary/aromatic N) is 2. The molecule has 0 bridgehead atoms. The van der Waals surface area contributed by atoms with Crippen molar-refractivity contribution in [3.8, 4) is 34.5 Å². The summed E-state index contributed by atoms with van der Waals surface area (Å²) in [6.07, 6.45) is 10.3. The molecule has 3 aliphatic heterocycles. The highest BCUT2D eigenvalue weighted by Gasteiger charge is 2.48. The first kappa shape index (κ1) is 20.6. The third-order valence-corrected chi connectivity index (χ3v) is 6.23. The molecule has 0 radical (unpaired) electrons. The maximum absolute atomic E-state index is 6.30. The molecule has 3 aromatic rings. The molecule has 6 rings (SSSR count). The van der Waals surface area contributed by atoms with Crippen LogP contribution in [0.25, 0.3) is 16.7 Å². The monoisotopic (exact) mass is 450 g/mol. The topological polar surface area (TPSA) is 91.5 Å². The van der Waals surface area contributed by atoms with Gasteiger partial charge >= 0.3 is 0 Å². The zero-order chi connectivity index (χ0) is 23.1. The fraction of sp³-hybridized carbons (Fsp3) is 0.185. The van der Waals surface area contributed by atoms with Gasteiger partial charge < -0.3 is 14.2 Å². The summed E-state index contributed by atoms with van der Waals surface area (Å²) >= 11 is 0. The van der Waals surface area contributed by atoms with Crippen LogP contribution in [0.15, 0.2) is 67.3 Å². The van der Waals surface area contributed by atoms with Crippen LogP contribution < -0.4 is 15.8 Å². The summed E-state index contributed by atoms with van der Waals surface area (Å²) in [5.41, 5.74) is 12.1. The van der Waals surface area contributed by atoms with Gasteiger partial charge in [-0.25, -0.2) is 0 Å². The van der Waals surface area contributed by atoms with Crippen molar-refractivity contribution in [2.75, 3.05) is 13.2 Å². The van der Waals surface area contributed by atoms with Crippen LogP contribution in [-0.4, -0.2) is 29.5 Å². The fourth-order valence-electron chi connectivity index (χ4n) is 4.65. The van der Waals surface area contributed by atoms with E-state index >= 15 is 0 Å². The van der Waals surface area contributed by atoms with Gasteiger partial charge in [-0.3, -0.25) is 21.0 Å². The lowest BCUT2D eigenvalue weighted by Gasteiger charge is -2.36. The number of ether oxygens (including phenoxy) is 3. The summed E-state index contributed by atoms with van der Waals surface area (Å²) in [6.45, 7) is 2.69. The van der Waals surface area contributed by atoms with Gasteiger partial charge in [0.05, 0.1) is 24.8 Å². The van der Waals surface area contributed by atoms with Crippen LogP contribution in [0.2, 0.25) is 0 Å². The summed E-state index contributed by atoms with van der Waals surface area (Å²) in [4.78, 5) is 9.00. The van der Waals surface area contributed by atoms with Gasteiger partial charge in [0.2, 0.25) is 0 Å². The van der Waals surface area contributed by atoms with E-state index in [4.69, 9.17) is 19.9 Å². The second-order valence-corrected chi connectivity index (χ2v) is 8.29. The average Bonchev–Trinajstić information content (AvgIpc) is 3.27. The summed E-state index contributed by atoms with van der Waals surface area (Å²) in [5, 5.41) is 3.47. The van der Waals surface area contributed by atoms with Gasteiger partial charge in [-0.2, -0.15) is 0 Å². The van der Waals surface area contributed by atoms with Crippen molar-refractivity contribution in [2.24, 2.45) is 5.73 Å². The molecule has 5 heterocycles. The van der Waals surface area contributed by atoms with E-state index in [1.807, 2.05) is 49.5 Å². The number of nitrogens with one attached hydrogen (secondary N) is 1. The normalized spacial score (nSPS) is 22.1. The first-order valence-corrected chi connectivity index (χ1v) is 11.0. The lowest BCUT2D eigenvalue weighted by atomic mass is 9.80. The predicted molar refractivity (Wildman–Crippen MR) is 127 cm³/mol. The van der Waals surface area contributed by atoms with Crippen LogP contribution in [0.3, 0.4) is 0 Å². The van der Waals surface area contributed by atoms with Crippen LogP contribution in [0.1, 0.15) is 29.3 Å². The number of fused-ring (bicyclic) bond motifs is 4. The number of benzene rings is 1. The number of allylic oxidation sites excluding steroid dienone is 2. The van der Waals surface area contributed by atoms with Crippen molar-refractivity contribution in [3.05, 3.63) is 89.7 Å². The molecule has 3 N–H and O–H groups in total. The molecule has 1 spiro atoms. The van der Waals surface area contributed by atoms with E-state index < -0.39 is 11.9 Å². The Balaban J connectivity index is 1.50. The summed E-state index contributed by atoms with van der Waals surface area (Å²) in [5.74, 6) is 7.41. The third-order valence-electron chi connectivity index (χ3n) is 6.23.